The van der Waals surface area contributed by atoms with Crippen LogP contribution in [0.15, 0.2) is 56.7 Å². The molecule has 0 saturated carbocycles. The Hall–Kier alpha value is -1.96. The first-order valence-corrected chi connectivity index (χ1v) is 11.9. The molecule has 0 spiro atoms. The van der Waals surface area contributed by atoms with E-state index in [1.807, 2.05) is 54.8 Å². The number of Topliss-reactive ketones (excluding diaryl/α,β-unsaturated/α-hetero) is 1. The third-order valence-corrected chi connectivity index (χ3v) is 6.91. The van der Waals surface area contributed by atoms with Crippen molar-refractivity contribution in [2.75, 3.05) is 11.1 Å². The topological polar surface area (TPSA) is 59.1 Å². The van der Waals surface area contributed by atoms with Crippen LogP contribution in [0.4, 0.5) is 5.69 Å². The molecule has 7 heteroatoms. The summed E-state index contributed by atoms with van der Waals surface area (Å²) in [6.07, 6.45) is 1.17. The number of nitrogens with one attached hydrogen (secondary N) is 1. The quantitative estimate of drug-likeness (QED) is 0.315. The van der Waals surface area contributed by atoms with Crippen molar-refractivity contribution in [1.82, 2.24) is 4.98 Å². The molecule has 29 heavy (non-hydrogen) atoms. The average molecular weight is 489 g/mol. The van der Waals surface area contributed by atoms with Crippen LogP contribution in [0.3, 0.4) is 0 Å². The van der Waals surface area contributed by atoms with Crippen molar-refractivity contribution < 1.29 is 9.59 Å². The Morgan fingerprint density at radius 1 is 1.17 bits per heavy atom. The summed E-state index contributed by atoms with van der Waals surface area (Å²) < 4.78 is 1.77. The lowest BCUT2D eigenvalue weighted by atomic mass is 10.1. The number of aryl methyl sites for hydroxylation is 2. The molecule has 0 radical (unpaired) electrons. The molecule has 0 aliphatic rings. The molecule has 1 amide bonds. The van der Waals surface area contributed by atoms with E-state index in [2.05, 4.69) is 33.2 Å². The number of amides is 1. The monoisotopic (exact) mass is 488 g/mol. The number of carbonyl (C=O) groups excluding carboxylic acids is 2. The van der Waals surface area contributed by atoms with E-state index in [1.165, 1.54) is 28.7 Å². The summed E-state index contributed by atoms with van der Waals surface area (Å²) >= 11 is 6.29. The second-order valence-corrected chi connectivity index (χ2v) is 9.55. The highest BCUT2D eigenvalue weighted by Crippen LogP contribution is 2.25. The molecule has 2 aromatic carbocycles. The van der Waals surface area contributed by atoms with Crippen molar-refractivity contribution in [3.8, 4) is 0 Å². The Balaban J connectivity index is 1.52. The van der Waals surface area contributed by atoms with E-state index >= 15 is 0 Å². The fourth-order valence-corrected chi connectivity index (χ4v) is 4.91. The molecular weight excluding hydrogens is 468 g/mol. The summed E-state index contributed by atoms with van der Waals surface area (Å²) in [4.78, 5) is 29.1. The van der Waals surface area contributed by atoms with E-state index < -0.39 is 0 Å². The smallest absolute Gasteiger partial charge is 0.230 e. The minimum Gasteiger partial charge on any atom is -0.326 e. The third-order valence-electron chi connectivity index (χ3n) is 4.35. The largest absolute Gasteiger partial charge is 0.326 e. The van der Waals surface area contributed by atoms with E-state index in [9.17, 15) is 9.59 Å². The molecule has 150 valence electrons. The first kappa shape index (κ1) is 21.7. The number of nitrogens with zero attached hydrogens (tertiary/aromatic N) is 1. The van der Waals surface area contributed by atoms with Gasteiger partial charge in [-0.2, -0.15) is 0 Å². The lowest BCUT2D eigenvalue weighted by molar-refractivity contribution is -0.115. The molecule has 3 rings (SSSR count). The maximum atomic E-state index is 12.3. The second-order valence-electron chi connectivity index (χ2n) is 6.55. The van der Waals surface area contributed by atoms with Crippen molar-refractivity contribution in [2.45, 2.75) is 31.0 Å². The van der Waals surface area contributed by atoms with E-state index in [-0.39, 0.29) is 18.1 Å². The Kier molecular flexibility index (Phi) is 7.64. The molecule has 0 unspecified atom stereocenters. The molecule has 0 aliphatic carbocycles. The Morgan fingerprint density at radius 2 is 1.93 bits per heavy atom. The average Bonchev–Trinajstić information content (AvgIpc) is 3.15. The predicted molar refractivity (Wildman–Crippen MR) is 124 cm³/mol. The summed E-state index contributed by atoms with van der Waals surface area (Å²) in [5.74, 6) is 0.310. The molecule has 4 nitrogen and oxygen atoms in total. The summed E-state index contributed by atoms with van der Waals surface area (Å²) in [6, 6.07) is 13.5. The highest BCUT2D eigenvalue weighted by Gasteiger charge is 2.12. The van der Waals surface area contributed by atoms with Gasteiger partial charge in [0.05, 0.1) is 17.9 Å². The van der Waals surface area contributed by atoms with E-state index in [4.69, 9.17) is 0 Å². The van der Waals surface area contributed by atoms with Gasteiger partial charge in [0.1, 0.15) is 0 Å². The lowest BCUT2D eigenvalue weighted by Crippen LogP contribution is -2.15. The molecule has 1 heterocycles. The zero-order chi connectivity index (χ0) is 20.8. The number of halogens is 1. The molecule has 0 saturated heterocycles. The maximum absolute atomic E-state index is 12.3. The third kappa shape index (κ3) is 6.26. The molecule has 0 bridgehead atoms. The van der Waals surface area contributed by atoms with Gasteiger partial charge in [-0.05, 0) is 42.7 Å². The molecule has 1 aromatic heterocycles. The summed E-state index contributed by atoms with van der Waals surface area (Å²) in [6.45, 7) is 4.04. The SMILES string of the molecule is CCc1ccc(C(=O)CSc2nc(CC(=O)Nc3ccc(Br)cc3C)cs2)cc1. The van der Waals surface area contributed by atoms with Gasteiger partial charge in [-0.25, -0.2) is 4.98 Å². The molecule has 0 atom stereocenters. The van der Waals surface area contributed by atoms with Gasteiger partial charge in [0.15, 0.2) is 10.1 Å². The number of ketones is 1. The number of thiazole rings is 1. The highest BCUT2D eigenvalue weighted by molar-refractivity contribution is 9.10. The van der Waals surface area contributed by atoms with Crippen LogP contribution in [-0.2, 0) is 17.6 Å². The zero-order valence-electron chi connectivity index (χ0n) is 16.2. The Labute approximate surface area is 187 Å². The van der Waals surface area contributed by atoms with Crippen LogP contribution in [0, 0.1) is 6.92 Å². The van der Waals surface area contributed by atoms with Crippen LogP contribution in [0.5, 0.6) is 0 Å². The minimum atomic E-state index is -0.107. The number of benzene rings is 2. The Bertz CT molecular complexity index is 1020. The lowest BCUT2D eigenvalue weighted by Gasteiger charge is -2.07. The van der Waals surface area contributed by atoms with Gasteiger partial charge < -0.3 is 5.32 Å². The van der Waals surface area contributed by atoms with Crippen molar-refractivity contribution >= 4 is 56.4 Å². The van der Waals surface area contributed by atoms with E-state index in [0.717, 1.165) is 32.0 Å². The van der Waals surface area contributed by atoms with Crippen LogP contribution in [0.25, 0.3) is 0 Å². The molecule has 1 N–H and O–H groups in total. The number of anilines is 1. The number of aromatic nitrogens is 1. The molecule has 0 aliphatic heterocycles. The fourth-order valence-electron chi connectivity index (χ4n) is 2.70. The van der Waals surface area contributed by atoms with Crippen molar-refractivity contribution in [3.63, 3.8) is 0 Å². The summed E-state index contributed by atoms with van der Waals surface area (Å²) in [5.41, 5.74) is 4.44. The zero-order valence-corrected chi connectivity index (χ0v) is 19.4. The minimum absolute atomic E-state index is 0.0814. The van der Waals surface area contributed by atoms with E-state index in [1.54, 1.807) is 0 Å². The van der Waals surface area contributed by atoms with Gasteiger partial charge in [0.25, 0.3) is 0 Å². The second kappa shape index (κ2) is 10.2. The van der Waals surface area contributed by atoms with Crippen LogP contribution in [0.1, 0.15) is 34.1 Å². The Morgan fingerprint density at radius 3 is 2.62 bits per heavy atom. The summed E-state index contributed by atoms with van der Waals surface area (Å²) in [7, 11) is 0. The number of carbonyl (C=O) groups is 2. The maximum Gasteiger partial charge on any atom is 0.230 e. The highest BCUT2D eigenvalue weighted by atomic mass is 79.9. The van der Waals surface area contributed by atoms with Gasteiger partial charge in [0.2, 0.25) is 5.91 Å². The fraction of sp³-hybridized carbons (Fsp3) is 0.227. The number of hydrogen-bond acceptors (Lipinski definition) is 5. The van der Waals surface area contributed by atoms with Crippen LogP contribution in [-0.4, -0.2) is 22.4 Å². The van der Waals surface area contributed by atoms with Gasteiger partial charge in [-0.15, -0.1) is 11.3 Å². The van der Waals surface area contributed by atoms with Crippen molar-refractivity contribution in [1.29, 1.82) is 0 Å². The molecule has 3 aromatic rings. The number of thioether (sulfide) groups is 1. The van der Waals surface area contributed by atoms with Crippen LogP contribution < -0.4 is 5.32 Å². The first-order valence-electron chi connectivity index (χ1n) is 9.20. The van der Waals surface area contributed by atoms with Gasteiger partial charge in [0, 0.05) is 21.1 Å². The molecule has 0 fully saturated rings. The van der Waals surface area contributed by atoms with Crippen molar-refractivity contribution in [3.05, 3.63) is 74.7 Å². The van der Waals surface area contributed by atoms with Crippen LogP contribution >= 0.6 is 39.0 Å². The number of hydrogen-bond donors (Lipinski definition) is 1. The standard InChI is InChI=1S/C22H21BrN2O2S2/c1-3-15-4-6-16(7-5-15)20(26)13-29-22-24-18(12-28-22)11-21(27)25-19-9-8-17(23)10-14(19)2/h4-10,12H,3,11,13H2,1-2H3,(H,25,27). The van der Waals surface area contributed by atoms with Gasteiger partial charge in [-0.3, -0.25) is 9.59 Å². The van der Waals surface area contributed by atoms with E-state index in [0.29, 0.717) is 11.4 Å². The predicted octanol–water partition coefficient (Wildman–Crippen LogP) is 5.93. The van der Waals surface area contributed by atoms with Gasteiger partial charge >= 0.3 is 0 Å². The van der Waals surface area contributed by atoms with Gasteiger partial charge in [-0.1, -0.05) is 58.9 Å². The van der Waals surface area contributed by atoms with Crippen molar-refractivity contribution in [2.24, 2.45) is 0 Å². The molecular formula is C22H21BrN2O2S2. The normalized spacial score (nSPS) is 10.7. The van der Waals surface area contributed by atoms with Crippen LogP contribution in [0.2, 0.25) is 0 Å². The summed E-state index contributed by atoms with van der Waals surface area (Å²) in [5, 5.41) is 4.79. The first-order chi connectivity index (χ1) is 13.9. The number of rotatable bonds is 8.